The number of amides is 1. The van der Waals surface area contributed by atoms with Crippen LogP contribution in [0.25, 0.3) is 0 Å². The van der Waals surface area contributed by atoms with Gasteiger partial charge in [-0.1, -0.05) is 0 Å². The molecule has 1 atom stereocenters. The van der Waals surface area contributed by atoms with Gasteiger partial charge in [-0.25, -0.2) is 0 Å². The first kappa shape index (κ1) is 12.7. The van der Waals surface area contributed by atoms with Crippen molar-refractivity contribution in [1.82, 2.24) is 4.90 Å². The number of carbonyl (C=O) groups excluding carboxylic acids is 1. The van der Waals surface area contributed by atoms with E-state index in [1.54, 1.807) is 24.9 Å². The van der Waals surface area contributed by atoms with Crippen molar-refractivity contribution >= 4 is 33.2 Å². The third kappa shape index (κ3) is 3.93. The third-order valence-corrected chi connectivity index (χ3v) is 3.62. The van der Waals surface area contributed by atoms with Crippen LogP contribution in [0, 0.1) is 0 Å². The highest BCUT2D eigenvalue weighted by molar-refractivity contribution is 9.11. The van der Waals surface area contributed by atoms with Crippen molar-refractivity contribution in [3.05, 3.63) is 20.8 Å². The zero-order chi connectivity index (χ0) is 11.4. The number of halogens is 1. The Morgan fingerprint density at radius 1 is 1.67 bits per heavy atom. The van der Waals surface area contributed by atoms with Crippen LogP contribution < -0.4 is 0 Å². The molecule has 0 aliphatic heterocycles. The lowest BCUT2D eigenvalue weighted by Gasteiger charge is -2.16. The van der Waals surface area contributed by atoms with E-state index in [9.17, 15) is 4.79 Å². The molecule has 1 aromatic rings. The molecule has 0 aliphatic carbocycles. The molecule has 15 heavy (non-hydrogen) atoms. The molecule has 1 heterocycles. The Morgan fingerprint density at radius 3 is 2.80 bits per heavy atom. The van der Waals surface area contributed by atoms with E-state index in [2.05, 4.69) is 15.9 Å². The average Bonchev–Trinajstić information content (AvgIpc) is 2.60. The summed E-state index contributed by atoms with van der Waals surface area (Å²) in [7, 11) is 1.75. The van der Waals surface area contributed by atoms with Gasteiger partial charge in [0, 0.05) is 13.6 Å². The maximum absolute atomic E-state index is 11.8. The fraction of sp³-hybridized carbons (Fsp3) is 0.500. The van der Waals surface area contributed by atoms with Gasteiger partial charge in [-0.15, -0.1) is 11.3 Å². The molecule has 84 valence electrons. The molecule has 1 unspecified atom stereocenters. The van der Waals surface area contributed by atoms with E-state index < -0.39 is 0 Å². The average molecular weight is 292 g/mol. The lowest BCUT2D eigenvalue weighted by atomic mass is 10.2. The molecule has 0 saturated heterocycles. The minimum Gasteiger partial charge on any atom is -0.393 e. The Morgan fingerprint density at radius 2 is 2.33 bits per heavy atom. The molecule has 0 radical (unpaired) electrons. The van der Waals surface area contributed by atoms with E-state index in [0.29, 0.717) is 13.0 Å². The normalized spacial score (nSPS) is 12.5. The fourth-order valence-corrected chi connectivity index (χ4v) is 2.48. The van der Waals surface area contributed by atoms with Gasteiger partial charge in [-0.3, -0.25) is 4.79 Å². The highest BCUT2D eigenvalue weighted by atomic mass is 79.9. The largest absolute Gasteiger partial charge is 0.393 e. The van der Waals surface area contributed by atoms with Crippen LogP contribution in [0.2, 0.25) is 0 Å². The summed E-state index contributed by atoms with van der Waals surface area (Å²) < 4.78 is 0.953. The van der Waals surface area contributed by atoms with Gasteiger partial charge in [-0.05, 0) is 41.4 Å². The number of aliphatic hydroxyl groups is 1. The fourth-order valence-electron chi connectivity index (χ4n) is 1.10. The van der Waals surface area contributed by atoms with Crippen LogP contribution in [-0.4, -0.2) is 35.6 Å². The molecule has 0 aromatic carbocycles. The van der Waals surface area contributed by atoms with Crippen LogP contribution >= 0.6 is 27.3 Å². The second-order valence-corrected chi connectivity index (χ2v) is 5.93. The predicted molar refractivity (Wildman–Crippen MR) is 65.3 cm³/mol. The lowest BCUT2D eigenvalue weighted by molar-refractivity contribution is 0.0773. The Labute approximate surface area is 102 Å². The SMILES string of the molecule is CC(O)CCN(C)C(=O)c1ccc(Br)s1. The highest BCUT2D eigenvalue weighted by Crippen LogP contribution is 2.23. The summed E-state index contributed by atoms with van der Waals surface area (Å²) in [6, 6.07) is 3.66. The molecule has 0 spiro atoms. The number of hydrogen-bond donors (Lipinski definition) is 1. The Balaban J connectivity index is 2.53. The molecule has 1 aromatic heterocycles. The predicted octanol–water partition coefficient (Wildman–Crippen LogP) is 2.35. The van der Waals surface area contributed by atoms with Gasteiger partial charge in [0.25, 0.3) is 5.91 Å². The summed E-state index contributed by atoms with van der Waals surface area (Å²) in [5, 5.41) is 9.11. The van der Waals surface area contributed by atoms with Gasteiger partial charge in [0.05, 0.1) is 14.8 Å². The van der Waals surface area contributed by atoms with Gasteiger partial charge >= 0.3 is 0 Å². The number of carbonyl (C=O) groups is 1. The van der Waals surface area contributed by atoms with Gasteiger partial charge in [0.2, 0.25) is 0 Å². The number of aliphatic hydroxyl groups excluding tert-OH is 1. The highest BCUT2D eigenvalue weighted by Gasteiger charge is 2.13. The van der Waals surface area contributed by atoms with Crippen molar-refractivity contribution in [2.45, 2.75) is 19.4 Å². The van der Waals surface area contributed by atoms with Crippen molar-refractivity contribution in [2.75, 3.05) is 13.6 Å². The Bertz CT molecular complexity index is 338. The lowest BCUT2D eigenvalue weighted by Crippen LogP contribution is -2.28. The number of thiophene rings is 1. The molecule has 0 saturated carbocycles. The number of nitrogens with zero attached hydrogens (tertiary/aromatic N) is 1. The molecule has 1 amide bonds. The first-order chi connectivity index (χ1) is 7.00. The quantitative estimate of drug-likeness (QED) is 0.925. The summed E-state index contributed by atoms with van der Waals surface area (Å²) in [6.45, 7) is 2.30. The van der Waals surface area contributed by atoms with Crippen LogP contribution in [0.3, 0.4) is 0 Å². The summed E-state index contributed by atoms with van der Waals surface area (Å²) in [4.78, 5) is 14.2. The van der Waals surface area contributed by atoms with E-state index in [1.165, 1.54) is 11.3 Å². The second kappa shape index (κ2) is 5.63. The summed E-state index contributed by atoms with van der Waals surface area (Å²) >= 11 is 4.74. The molecule has 5 heteroatoms. The van der Waals surface area contributed by atoms with Crippen LogP contribution in [0.1, 0.15) is 23.0 Å². The van der Waals surface area contributed by atoms with Crippen LogP contribution in [0.4, 0.5) is 0 Å². The van der Waals surface area contributed by atoms with Crippen LogP contribution in [0.15, 0.2) is 15.9 Å². The molecule has 1 N–H and O–H groups in total. The van der Waals surface area contributed by atoms with Crippen LogP contribution in [-0.2, 0) is 0 Å². The first-order valence-electron chi connectivity index (χ1n) is 4.69. The minimum absolute atomic E-state index is 0.00588. The topological polar surface area (TPSA) is 40.5 Å². The number of hydrogen-bond acceptors (Lipinski definition) is 3. The van der Waals surface area contributed by atoms with E-state index in [-0.39, 0.29) is 12.0 Å². The Hall–Kier alpha value is -0.390. The molecular formula is C10H14BrNO2S. The van der Waals surface area contributed by atoms with Gasteiger partial charge in [-0.2, -0.15) is 0 Å². The molecule has 1 rings (SSSR count). The molecule has 0 bridgehead atoms. The van der Waals surface area contributed by atoms with Crippen molar-refractivity contribution in [3.8, 4) is 0 Å². The standard InChI is InChI=1S/C10H14BrNO2S/c1-7(13)5-6-12(2)10(14)8-3-4-9(11)15-8/h3-4,7,13H,5-6H2,1-2H3. The van der Waals surface area contributed by atoms with E-state index >= 15 is 0 Å². The monoisotopic (exact) mass is 291 g/mol. The van der Waals surface area contributed by atoms with Crippen molar-refractivity contribution in [2.24, 2.45) is 0 Å². The van der Waals surface area contributed by atoms with Crippen LogP contribution in [0.5, 0.6) is 0 Å². The Kier molecular flexibility index (Phi) is 4.76. The minimum atomic E-state index is -0.365. The second-order valence-electron chi connectivity index (χ2n) is 3.47. The van der Waals surface area contributed by atoms with E-state index in [4.69, 9.17) is 5.11 Å². The number of rotatable bonds is 4. The first-order valence-corrected chi connectivity index (χ1v) is 6.30. The molecule has 0 fully saturated rings. The summed E-state index contributed by atoms with van der Waals surface area (Å²) in [6.07, 6.45) is 0.240. The van der Waals surface area contributed by atoms with Crippen molar-refractivity contribution < 1.29 is 9.90 Å². The van der Waals surface area contributed by atoms with E-state index in [0.717, 1.165) is 8.66 Å². The molecule has 3 nitrogen and oxygen atoms in total. The third-order valence-electron chi connectivity index (χ3n) is 2.01. The van der Waals surface area contributed by atoms with Gasteiger partial charge in [0.1, 0.15) is 0 Å². The maximum atomic E-state index is 11.8. The van der Waals surface area contributed by atoms with E-state index in [1.807, 2.05) is 6.07 Å². The summed E-state index contributed by atoms with van der Waals surface area (Å²) in [5.41, 5.74) is 0. The van der Waals surface area contributed by atoms with Gasteiger partial charge < -0.3 is 10.0 Å². The zero-order valence-electron chi connectivity index (χ0n) is 8.74. The zero-order valence-corrected chi connectivity index (χ0v) is 11.1. The smallest absolute Gasteiger partial charge is 0.263 e. The summed E-state index contributed by atoms with van der Waals surface area (Å²) in [5.74, 6) is 0.00588. The molecule has 0 aliphatic rings. The van der Waals surface area contributed by atoms with Crippen molar-refractivity contribution in [3.63, 3.8) is 0 Å². The maximum Gasteiger partial charge on any atom is 0.263 e. The molecular weight excluding hydrogens is 278 g/mol. The van der Waals surface area contributed by atoms with Gasteiger partial charge in [0.15, 0.2) is 0 Å². The van der Waals surface area contributed by atoms with Crippen molar-refractivity contribution in [1.29, 1.82) is 0 Å².